The summed E-state index contributed by atoms with van der Waals surface area (Å²) in [5, 5.41) is 8.02. The lowest BCUT2D eigenvalue weighted by Crippen LogP contribution is -2.19. The quantitative estimate of drug-likeness (QED) is 0.376. The van der Waals surface area contributed by atoms with Crippen LogP contribution in [0.3, 0.4) is 0 Å². The van der Waals surface area contributed by atoms with Gasteiger partial charge in [0, 0.05) is 22.8 Å². The van der Waals surface area contributed by atoms with Crippen molar-refractivity contribution in [1.29, 1.82) is 0 Å². The molecule has 0 unspecified atom stereocenters. The largest absolute Gasteiger partial charge is 0.354 e. The number of pyridine rings is 1. The van der Waals surface area contributed by atoms with Gasteiger partial charge in [-0.1, -0.05) is 30.3 Å². The van der Waals surface area contributed by atoms with Gasteiger partial charge < -0.3 is 15.3 Å². The number of aryl methyl sites for hydroxylation is 1. The number of benzene rings is 2. The molecule has 5 rings (SSSR count). The third-order valence-electron chi connectivity index (χ3n) is 5.43. The van der Waals surface area contributed by atoms with E-state index < -0.39 is 0 Å². The number of rotatable bonds is 5. The van der Waals surface area contributed by atoms with Crippen LogP contribution in [0.5, 0.6) is 0 Å². The normalized spacial score (nSPS) is 11.1. The van der Waals surface area contributed by atoms with Crippen LogP contribution in [-0.4, -0.2) is 25.7 Å². The van der Waals surface area contributed by atoms with Gasteiger partial charge in [-0.05, 0) is 42.8 Å². The molecule has 0 radical (unpaired) electrons. The molecule has 0 atom stereocenters. The Labute approximate surface area is 187 Å². The molecule has 0 saturated carbocycles. The zero-order valence-electron chi connectivity index (χ0n) is 17.7. The molecule has 0 saturated heterocycles. The van der Waals surface area contributed by atoms with E-state index in [-0.39, 0.29) is 17.3 Å². The number of nitrogens with zero attached hydrogens (tertiary/aromatic N) is 2. The molecule has 5 aromatic rings. The summed E-state index contributed by atoms with van der Waals surface area (Å²) in [7, 11) is 0. The summed E-state index contributed by atoms with van der Waals surface area (Å²) in [6.45, 7) is 2.05. The first kappa shape index (κ1) is 20.4. The number of aromatic amines is 2. The summed E-state index contributed by atoms with van der Waals surface area (Å²) in [6.07, 6.45) is 3.19. The summed E-state index contributed by atoms with van der Waals surface area (Å²) < 4.78 is 15.0. The average molecular weight is 441 g/mol. The third-order valence-corrected chi connectivity index (χ3v) is 5.43. The maximum absolute atomic E-state index is 13.4. The average Bonchev–Trinajstić information content (AvgIpc) is 3.40. The number of carbonyl (C=O) groups is 1. The Hall–Kier alpha value is -4.46. The minimum Gasteiger partial charge on any atom is -0.354 e. The summed E-state index contributed by atoms with van der Waals surface area (Å²) in [4.78, 5) is 31.6. The SMILES string of the molecule is Cc1[nH]c(=O)c(-c2cc3ccccc3[nH]2)cc1C(=O)Nc1cnn(Cc2cccc(F)c2)c1. The molecule has 3 heterocycles. The minimum atomic E-state index is -0.369. The van der Waals surface area contributed by atoms with Gasteiger partial charge >= 0.3 is 0 Å². The zero-order valence-corrected chi connectivity index (χ0v) is 17.7. The number of fused-ring (bicyclic) bond motifs is 1. The zero-order chi connectivity index (χ0) is 22.9. The van der Waals surface area contributed by atoms with Gasteiger partial charge in [0.05, 0.1) is 35.2 Å². The molecule has 0 aliphatic carbocycles. The van der Waals surface area contributed by atoms with Crippen molar-refractivity contribution in [3.05, 3.63) is 106 Å². The van der Waals surface area contributed by atoms with E-state index in [2.05, 4.69) is 20.4 Å². The van der Waals surface area contributed by atoms with Gasteiger partial charge in [0.15, 0.2) is 0 Å². The summed E-state index contributed by atoms with van der Waals surface area (Å²) in [5.74, 6) is -0.682. The molecule has 2 aromatic carbocycles. The standard InChI is InChI=1S/C25H20FN5O2/c1-15-20(11-21(25(33)28-15)23-10-17-6-2-3-8-22(17)30-23)24(32)29-19-12-27-31(14-19)13-16-5-4-7-18(26)9-16/h2-12,14,30H,13H2,1H3,(H,28,33)(H,29,32). The maximum atomic E-state index is 13.4. The molecule has 164 valence electrons. The first-order valence-electron chi connectivity index (χ1n) is 10.4. The molecule has 0 aliphatic rings. The highest BCUT2D eigenvalue weighted by Crippen LogP contribution is 2.23. The van der Waals surface area contributed by atoms with Crippen molar-refractivity contribution >= 4 is 22.5 Å². The predicted molar refractivity (Wildman–Crippen MR) is 125 cm³/mol. The van der Waals surface area contributed by atoms with E-state index in [1.807, 2.05) is 30.3 Å². The van der Waals surface area contributed by atoms with Crippen molar-refractivity contribution in [2.24, 2.45) is 0 Å². The van der Waals surface area contributed by atoms with E-state index in [4.69, 9.17) is 0 Å². The minimum absolute atomic E-state index is 0.279. The monoisotopic (exact) mass is 441 g/mol. The number of nitrogens with one attached hydrogen (secondary N) is 3. The van der Waals surface area contributed by atoms with Crippen molar-refractivity contribution in [3.8, 4) is 11.3 Å². The number of amides is 1. The van der Waals surface area contributed by atoms with E-state index in [1.165, 1.54) is 18.3 Å². The second-order valence-corrected chi connectivity index (χ2v) is 7.83. The molecule has 1 amide bonds. The molecule has 0 aliphatic heterocycles. The van der Waals surface area contributed by atoms with Crippen molar-refractivity contribution in [3.63, 3.8) is 0 Å². The molecular formula is C25H20FN5O2. The number of hydrogen-bond donors (Lipinski definition) is 3. The lowest BCUT2D eigenvalue weighted by atomic mass is 10.1. The Morgan fingerprint density at radius 1 is 1.09 bits per heavy atom. The molecular weight excluding hydrogens is 421 g/mol. The van der Waals surface area contributed by atoms with Gasteiger partial charge in [0.25, 0.3) is 11.5 Å². The fourth-order valence-corrected chi connectivity index (χ4v) is 3.81. The van der Waals surface area contributed by atoms with Gasteiger partial charge in [0.2, 0.25) is 0 Å². The number of halogens is 1. The molecule has 0 fully saturated rings. The highest BCUT2D eigenvalue weighted by atomic mass is 19.1. The summed E-state index contributed by atoms with van der Waals surface area (Å²) in [5.41, 5.74) is 3.70. The number of hydrogen-bond acceptors (Lipinski definition) is 3. The van der Waals surface area contributed by atoms with E-state index in [0.717, 1.165) is 16.5 Å². The smallest absolute Gasteiger partial charge is 0.257 e. The second-order valence-electron chi connectivity index (χ2n) is 7.83. The van der Waals surface area contributed by atoms with Crippen LogP contribution >= 0.6 is 0 Å². The van der Waals surface area contributed by atoms with Crippen molar-refractivity contribution in [2.75, 3.05) is 5.32 Å². The van der Waals surface area contributed by atoms with Crippen LogP contribution < -0.4 is 10.9 Å². The first-order chi connectivity index (χ1) is 16.0. The Kier molecular flexibility index (Phi) is 5.10. The maximum Gasteiger partial charge on any atom is 0.257 e. The molecule has 3 N–H and O–H groups in total. The van der Waals surface area contributed by atoms with Crippen LogP contribution in [0.2, 0.25) is 0 Å². The molecule has 0 bridgehead atoms. The Morgan fingerprint density at radius 3 is 2.76 bits per heavy atom. The fourth-order valence-electron chi connectivity index (χ4n) is 3.81. The Bertz CT molecular complexity index is 1510. The lowest BCUT2D eigenvalue weighted by molar-refractivity contribution is 0.102. The van der Waals surface area contributed by atoms with Crippen molar-refractivity contribution in [1.82, 2.24) is 19.7 Å². The van der Waals surface area contributed by atoms with Gasteiger partial charge in [-0.15, -0.1) is 0 Å². The molecule has 0 spiro atoms. The van der Waals surface area contributed by atoms with Crippen molar-refractivity contribution in [2.45, 2.75) is 13.5 Å². The van der Waals surface area contributed by atoms with Crippen LogP contribution in [0.15, 0.2) is 77.9 Å². The first-order valence-corrected chi connectivity index (χ1v) is 10.4. The molecule has 8 heteroatoms. The number of para-hydroxylation sites is 1. The summed E-state index contributed by atoms with van der Waals surface area (Å²) >= 11 is 0. The van der Waals surface area contributed by atoms with Gasteiger partial charge in [0.1, 0.15) is 5.82 Å². The number of anilines is 1. The van der Waals surface area contributed by atoms with E-state index >= 15 is 0 Å². The molecule has 3 aromatic heterocycles. The number of H-pyrrole nitrogens is 2. The lowest BCUT2D eigenvalue weighted by Gasteiger charge is -2.08. The van der Waals surface area contributed by atoms with E-state index in [1.54, 1.807) is 36.0 Å². The highest BCUT2D eigenvalue weighted by molar-refractivity contribution is 6.05. The van der Waals surface area contributed by atoms with Crippen LogP contribution in [0, 0.1) is 12.7 Å². The Balaban J connectivity index is 1.39. The molecule has 33 heavy (non-hydrogen) atoms. The fraction of sp³-hybridized carbons (Fsp3) is 0.0800. The van der Waals surface area contributed by atoms with Crippen LogP contribution in [-0.2, 0) is 6.54 Å². The second kappa shape index (κ2) is 8.23. The molecule has 7 nitrogen and oxygen atoms in total. The summed E-state index contributed by atoms with van der Waals surface area (Å²) in [6, 6.07) is 17.5. The Morgan fingerprint density at radius 2 is 1.94 bits per heavy atom. The van der Waals surface area contributed by atoms with Crippen LogP contribution in [0.4, 0.5) is 10.1 Å². The third kappa shape index (κ3) is 4.18. The highest BCUT2D eigenvalue weighted by Gasteiger charge is 2.16. The number of carbonyl (C=O) groups excluding carboxylic acids is 1. The van der Waals surface area contributed by atoms with Crippen LogP contribution in [0.1, 0.15) is 21.6 Å². The van der Waals surface area contributed by atoms with Gasteiger partial charge in [-0.25, -0.2) is 4.39 Å². The number of aromatic nitrogens is 4. The van der Waals surface area contributed by atoms with E-state index in [9.17, 15) is 14.0 Å². The van der Waals surface area contributed by atoms with Crippen LogP contribution in [0.25, 0.3) is 22.2 Å². The van der Waals surface area contributed by atoms with E-state index in [0.29, 0.717) is 34.7 Å². The topological polar surface area (TPSA) is 95.6 Å². The van der Waals surface area contributed by atoms with Crippen molar-refractivity contribution < 1.29 is 9.18 Å². The predicted octanol–water partition coefficient (Wildman–Crippen LogP) is 4.47. The van der Waals surface area contributed by atoms with Gasteiger partial charge in [-0.3, -0.25) is 14.3 Å². The van der Waals surface area contributed by atoms with Gasteiger partial charge in [-0.2, -0.15) is 5.10 Å².